The third-order valence-corrected chi connectivity index (χ3v) is 15.2. The first-order chi connectivity index (χ1) is 25.8. The van der Waals surface area contributed by atoms with Crippen LogP contribution in [0, 0.1) is 20.9 Å². The molecular weight excluding hydrogens is 662 g/mol. The van der Waals surface area contributed by atoms with Gasteiger partial charge in [0, 0.05) is 0 Å². The minimum atomic E-state index is -0.797. The lowest BCUT2D eigenvalue weighted by atomic mass is 10.0. The molecule has 2 aliphatic heterocycles. The number of benzene rings is 9. The number of hydrogen-bond donors (Lipinski definition) is 0. The average molecular weight is 695 g/mol. The summed E-state index contributed by atoms with van der Waals surface area (Å²) in [7, 11) is -1.59. The van der Waals surface area contributed by atoms with E-state index in [1.807, 2.05) is 0 Å². The van der Waals surface area contributed by atoms with Crippen LogP contribution in [0.4, 0.5) is 0 Å². The third kappa shape index (κ3) is 4.69. The lowest BCUT2D eigenvalue weighted by molar-refractivity contribution is 1.48. The fourth-order valence-corrected chi connectivity index (χ4v) is 13.2. The van der Waals surface area contributed by atoms with E-state index in [2.05, 4.69) is 193 Å². The van der Waals surface area contributed by atoms with Gasteiger partial charge < -0.3 is 0 Å². The molecular formula is C50H32P2. The van der Waals surface area contributed by atoms with E-state index in [1.54, 1.807) is 0 Å². The molecule has 9 aromatic rings. The van der Waals surface area contributed by atoms with Crippen LogP contribution in [-0.2, 0) is 0 Å². The summed E-state index contributed by atoms with van der Waals surface area (Å²) in [4.78, 5) is 0. The van der Waals surface area contributed by atoms with Gasteiger partial charge in [-0.3, -0.25) is 0 Å². The minimum absolute atomic E-state index is 0.797. The molecule has 2 heterocycles. The maximum absolute atomic E-state index is 2.58. The molecule has 0 spiro atoms. The lowest BCUT2D eigenvalue weighted by Crippen LogP contribution is -2.21. The van der Waals surface area contributed by atoms with Crippen molar-refractivity contribution in [3.8, 4) is 0 Å². The first kappa shape index (κ1) is 30.0. The molecule has 0 fully saturated rings. The minimum Gasteiger partial charge on any atom is -0.0616 e. The second-order valence-corrected chi connectivity index (χ2v) is 17.4. The van der Waals surface area contributed by atoms with E-state index in [1.165, 1.54) is 95.4 Å². The van der Waals surface area contributed by atoms with E-state index in [9.17, 15) is 0 Å². The Kier molecular flexibility index (Phi) is 6.91. The van der Waals surface area contributed by atoms with E-state index in [0.717, 1.165) is 0 Å². The summed E-state index contributed by atoms with van der Waals surface area (Å²) in [6.07, 6.45) is 0. The van der Waals surface area contributed by atoms with E-state index >= 15 is 0 Å². The molecule has 0 unspecified atom stereocenters. The molecule has 0 nitrogen and oxygen atoms in total. The van der Waals surface area contributed by atoms with Crippen LogP contribution >= 0.6 is 15.8 Å². The summed E-state index contributed by atoms with van der Waals surface area (Å²) in [5, 5.41) is 23.9. The number of fused-ring (bicyclic) bond motifs is 12. The van der Waals surface area contributed by atoms with Gasteiger partial charge in [-0.15, -0.1) is 0 Å². The summed E-state index contributed by atoms with van der Waals surface area (Å²) < 4.78 is 0. The maximum atomic E-state index is 2.58. The van der Waals surface area contributed by atoms with E-state index in [4.69, 9.17) is 0 Å². The molecule has 0 atom stereocenters. The van der Waals surface area contributed by atoms with Crippen LogP contribution in [0.25, 0.3) is 66.4 Å². The predicted octanol–water partition coefficient (Wildman–Crippen LogP) is 9.47. The van der Waals surface area contributed by atoms with Crippen molar-refractivity contribution >= 4 is 92.8 Å². The third-order valence-electron chi connectivity index (χ3n) is 10.9. The van der Waals surface area contributed by atoms with Gasteiger partial charge in [0.1, 0.15) is 0 Å². The zero-order valence-corrected chi connectivity index (χ0v) is 30.2. The highest BCUT2D eigenvalue weighted by Gasteiger charge is 2.19. The fraction of sp³-hybridized carbons (Fsp3) is 0. The monoisotopic (exact) mass is 694 g/mol. The van der Waals surface area contributed by atoms with Crippen molar-refractivity contribution in [2.45, 2.75) is 0 Å². The van der Waals surface area contributed by atoms with Crippen LogP contribution in [0.2, 0.25) is 0 Å². The van der Waals surface area contributed by atoms with Gasteiger partial charge in [-0.2, -0.15) is 0 Å². The zero-order chi connectivity index (χ0) is 34.2. The van der Waals surface area contributed by atoms with Crippen LogP contribution in [-0.4, -0.2) is 0 Å². The molecule has 0 amide bonds. The molecule has 242 valence electrons. The average Bonchev–Trinajstić information content (AvgIpc) is 3.49. The van der Waals surface area contributed by atoms with E-state index < -0.39 is 15.8 Å². The van der Waals surface area contributed by atoms with Crippen molar-refractivity contribution in [2.24, 2.45) is 0 Å². The van der Waals surface area contributed by atoms with Crippen molar-refractivity contribution in [1.29, 1.82) is 0 Å². The molecule has 11 rings (SSSR count). The maximum Gasteiger partial charge on any atom is -0.00199 e. The van der Waals surface area contributed by atoms with Crippen LogP contribution in [0.5, 0.6) is 0 Å². The highest BCUT2D eigenvalue weighted by Crippen LogP contribution is 2.46. The summed E-state index contributed by atoms with van der Waals surface area (Å²) in [5.74, 6) is 10.3. The molecule has 2 heteroatoms. The molecule has 0 saturated heterocycles. The van der Waals surface area contributed by atoms with Gasteiger partial charge in [0.15, 0.2) is 0 Å². The van der Waals surface area contributed by atoms with Crippen molar-refractivity contribution in [3.05, 3.63) is 212 Å². The Morgan fingerprint density at radius 1 is 0.231 bits per heavy atom. The molecule has 9 aromatic carbocycles. The van der Waals surface area contributed by atoms with E-state index in [0.29, 0.717) is 0 Å². The van der Waals surface area contributed by atoms with Gasteiger partial charge in [0.2, 0.25) is 0 Å². The molecule has 52 heavy (non-hydrogen) atoms. The van der Waals surface area contributed by atoms with Gasteiger partial charge in [0.25, 0.3) is 0 Å². The van der Waals surface area contributed by atoms with Gasteiger partial charge in [0.05, 0.1) is 0 Å². The topological polar surface area (TPSA) is 0 Å². The van der Waals surface area contributed by atoms with Gasteiger partial charge in [-0.05, 0) is 135 Å². The summed E-state index contributed by atoms with van der Waals surface area (Å²) in [6.45, 7) is 0. The zero-order valence-electron chi connectivity index (χ0n) is 28.4. The van der Waals surface area contributed by atoms with Crippen LogP contribution in [0.15, 0.2) is 170 Å². The highest BCUT2D eigenvalue weighted by atomic mass is 31.1. The Bertz CT molecular complexity index is 3000. The quantitative estimate of drug-likeness (QED) is 0.158. The second-order valence-electron chi connectivity index (χ2n) is 13.8. The number of hydrogen-bond acceptors (Lipinski definition) is 0. The number of rotatable bonds is 2. The lowest BCUT2D eigenvalue weighted by Gasteiger charge is -2.19. The Labute approximate surface area is 303 Å². The molecule has 0 aromatic heterocycles. The van der Waals surface area contributed by atoms with Crippen LogP contribution < -0.4 is 31.5 Å². The standard InChI is InChI=1S/C50H32P2/c1-5-15-41-33(11-1)21-25-37-29-51(30-38-26-22-34-12-2-6-16-42(34)48(38)47(37)41)45-19-9-10-20-46(45)52-31-39-27-23-35-13-3-7-17-43(35)49(39)50-40(32-52)28-24-36-14-4-8-18-44(36)50/h1-32H. The van der Waals surface area contributed by atoms with E-state index in [-0.39, 0.29) is 0 Å². The largest absolute Gasteiger partial charge is 0.0616 e. The normalized spacial score (nSPS) is 13.8. The Hall–Kier alpha value is -5.64. The summed E-state index contributed by atoms with van der Waals surface area (Å²) in [5.41, 5.74) is 0. The highest BCUT2D eigenvalue weighted by molar-refractivity contribution is 7.86. The Balaban J connectivity index is 1.23. The van der Waals surface area contributed by atoms with Gasteiger partial charge >= 0.3 is 0 Å². The summed E-state index contributed by atoms with van der Waals surface area (Å²) in [6, 6.07) is 63.5. The van der Waals surface area contributed by atoms with Crippen molar-refractivity contribution in [1.82, 2.24) is 0 Å². The first-order valence-electron chi connectivity index (χ1n) is 17.9. The molecule has 0 radical (unpaired) electrons. The summed E-state index contributed by atoms with van der Waals surface area (Å²) >= 11 is 0. The van der Waals surface area contributed by atoms with Crippen molar-refractivity contribution < 1.29 is 0 Å². The SMILES string of the molecule is C1=c2ccc3ccccc3c2=c2c(ccc3ccccc23)=CP1c1ccccc1P1C=c2ccc3ccccc3c2=c2c(ccc3ccccc23)=C1. The fourth-order valence-electron chi connectivity index (χ4n) is 8.55. The molecule has 0 N–H and O–H groups in total. The van der Waals surface area contributed by atoms with Crippen molar-refractivity contribution in [2.75, 3.05) is 0 Å². The van der Waals surface area contributed by atoms with Crippen molar-refractivity contribution in [3.63, 3.8) is 0 Å². The van der Waals surface area contributed by atoms with Crippen LogP contribution in [0.1, 0.15) is 0 Å². The molecule has 0 saturated carbocycles. The predicted molar refractivity (Wildman–Crippen MR) is 227 cm³/mol. The van der Waals surface area contributed by atoms with Crippen LogP contribution in [0.3, 0.4) is 0 Å². The second kappa shape index (κ2) is 12.0. The Morgan fingerprint density at radius 2 is 0.481 bits per heavy atom. The molecule has 2 aliphatic rings. The Morgan fingerprint density at radius 3 is 0.769 bits per heavy atom. The molecule has 0 bridgehead atoms. The first-order valence-corrected chi connectivity index (χ1v) is 20.9. The van der Waals surface area contributed by atoms with Gasteiger partial charge in [-0.25, -0.2) is 0 Å². The van der Waals surface area contributed by atoms with Gasteiger partial charge in [-0.1, -0.05) is 170 Å². The smallest absolute Gasteiger partial charge is 0.00199 e. The molecule has 0 aliphatic carbocycles.